The quantitative estimate of drug-likeness (QED) is 0.525. The second kappa shape index (κ2) is 12.6. The predicted molar refractivity (Wildman–Crippen MR) is 126 cm³/mol. The standard InChI is InChI=1S/C25H34N2O6/c1-7-17(2)26-25(29)18(3)27(15-19-8-10-20(30-4)11-9-19)24(28)16-33-23-13-21(31-5)12-22(14-23)32-6/h8-14,17-18H,7,15-16H2,1-6H3,(H,26,29)/t17-,18-/m1/s1. The summed E-state index contributed by atoms with van der Waals surface area (Å²) in [5.74, 6) is 1.71. The number of carbonyl (C=O) groups is 2. The van der Waals surface area contributed by atoms with Crippen LogP contribution in [0.25, 0.3) is 0 Å². The number of benzene rings is 2. The Bertz CT molecular complexity index is 893. The number of nitrogens with one attached hydrogen (secondary N) is 1. The van der Waals surface area contributed by atoms with Gasteiger partial charge >= 0.3 is 0 Å². The maximum Gasteiger partial charge on any atom is 0.261 e. The SMILES string of the molecule is CC[C@@H](C)NC(=O)[C@@H](C)N(Cc1ccc(OC)cc1)C(=O)COc1cc(OC)cc(OC)c1. The number of hydrogen-bond acceptors (Lipinski definition) is 6. The van der Waals surface area contributed by atoms with E-state index in [2.05, 4.69) is 5.32 Å². The first-order valence-electron chi connectivity index (χ1n) is 10.9. The summed E-state index contributed by atoms with van der Waals surface area (Å²) in [5.41, 5.74) is 0.871. The van der Waals surface area contributed by atoms with Gasteiger partial charge < -0.3 is 29.2 Å². The fourth-order valence-corrected chi connectivity index (χ4v) is 3.07. The highest BCUT2D eigenvalue weighted by atomic mass is 16.5. The van der Waals surface area contributed by atoms with Crippen LogP contribution in [0.2, 0.25) is 0 Å². The highest BCUT2D eigenvalue weighted by Gasteiger charge is 2.27. The summed E-state index contributed by atoms with van der Waals surface area (Å²) in [6, 6.07) is 11.8. The van der Waals surface area contributed by atoms with Gasteiger partial charge in [-0.25, -0.2) is 0 Å². The number of methoxy groups -OCH3 is 3. The minimum atomic E-state index is -0.683. The zero-order chi connectivity index (χ0) is 24.4. The Hall–Kier alpha value is -3.42. The molecule has 2 amide bonds. The minimum absolute atomic E-state index is 0.0124. The number of ether oxygens (including phenoxy) is 4. The van der Waals surface area contributed by atoms with Crippen molar-refractivity contribution in [2.75, 3.05) is 27.9 Å². The van der Waals surface area contributed by atoms with Gasteiger partial charge in [0.15, 0.2) is 6.61 Å². The number of hydrogen-bond donors (Lipinski definition) is 1. The molecule has 2 rings (SSSR count). The molecule has 0 saturated carbocycles. The molecule has 0 radical (unpaired) electrons. The van der Waals surface area contributed by atoms with E-state index in [1.165, 1.54) is 19.1 Å². The first-order chi connectivity index (χ1) is 15.8. The van der Waals surface area contributed by atoms with Crippen molar-refractivity contribution in [1.82, 2.24) is 10.2 Å². The van der Waals surface area contributed by atoms with Crippen LogP contribution in [0.1, 0.15) is 32.8 Å². The zero-order valence-electron chi connectivity index (χ0n) is 20.2. The fourth-order valence-electron chi connectivity index (χ4n) is 3.07. The maximum absolute atomic E-state index is 13.2. The lowest BCUT2D eigenvalue weighted by Gasteiger charge is -2.29. The second-order valence-electron chi connectivity index (χ2n) is 7.70. The second-order valence-corrected chi connectivity index (χ2v) is 7.70. The van der Waals surface area contributed by atoms with Crippen LogP contribution in [0.3, 0.4) is 0 Å². The largest absolute Gasteiger partial charge is 0.497 e. The van der Waals surface area contributed by atoms with E-state index < -0.39 is 6.04 Å². The summed E-state index contributed by atoms with van der Waals surface area (Å²) in [6.45, 7) is 5.65. The van der Waals surface area contributed by atoms with Crippen LogP contribution in [-0.4, -0.2) is 56.7 Å². The molecule has 1 N–H and O–H groups in total. The molecule has 33 heavy (non-hydrogen) atoms. The first kappa shape index (κ1) is 25.8. The maximum atomic E-state index is 13.2. The average Bonchev–Trinajstić information content (AvgIpc) is 2.85. The molecular weight excluding hydrogens is 424 g/mol. The number of nitrogens with zero attached hydrogens (tertiary/aromatic N) is 1. The molecule has 2 aromatic rings. The molecule has 8 heteroatoms. The highest BCUT2D eigenvalue weighted by molar-refractivity contribution is 5.88. The lowest BCUT2D eigenvalue weighted by atomic mass is 10.1. The van der Waals surface area contributed by atoms with Gasteiger partial charge in [0.05, 0.1) is 21.3 Å². The van der Waals surface area contributed by atoms with Gasteiger partial charge in [-0.3, -0.25) is 9.59 Å². The lowest BCUT2D eigenvalue weighted by molar-refractivity contribution is -0.142. The van der Waals surface area contributed by atoms with Gasteiger partial charge in [-0.2, -0.15) is 0 Å². The molecule has 0 bridgehead atoms. The van der Waals surface area contributed by atoms with E-state index in [-0.39, 0.29) is 31.0 Å². The molecule has 0 aliphatic carbocycles. The van der Waals surface area contributed by atoms with Crippen molar-refractivity contribution >= 4 is 11.8 Å². The summed E-state index contributed by atoms with van der Waals surface area (Å²) in [4.78, 5) is 27.5. The Labute approximate surface area is 195 Å². The lowest BCUT2D eigenvalue weighted by Crippen LogP contribution is -2.50. The van der Waals surface area contributed by atoms with Crippen molar-refractivity contribution in [3.8, 4) is 23.0 Å². The summed E-state index contributed by atoms with van der Waals surface area (Å²) in [7, 11) is 4.67. The van der Waals surface area contributed by atoms with Gasteiger partial charge in [-0.15, -0.1) is 0 Å². The molecule has 0 fully saturated rings. The van der Waals surface area contributed by atoms with Crippen molar-refractivity contribution < 1.29 is 28.5 Å². The number of amides is 2. The van der Waals surface area contributed by atoms with Crippen LogP contribution in [-0.2, 0) is 16.1 Å². The van der Waals surface area contributed by atoms with Crippen LogP contribution in [0.4, 0.5) is 0 Å². The number of rotatable bonds is 12. The summed E-state index contributed by atoms with van der Waals surface area (Å²) in [6.07, 6.45) is 0.797. The van der Waals surface area contributed by atoms with E-state index in [1.54, 1.807) is 32.2 Å². The van der Waals surface area contributed by atoms with Crippen LogP contribution >= 0.6 is 0 Å². The first-order valence-corrected chi connectivity index (χ1v) is 10.9. The van der Waals surface area contributed by atoms with Gasteiger partial charge in [0.25, 0.3) is 5.91 Å². The topological polar surface area (TPSA) is 86.3 Å². The van der Waals surface area contributed by atoms with Gasteiger partial charge in [0.1, 0.15) is 29.0 Å². The zero-order valence-corrected chi connectivity index (χ0v) is 20.2. The molecular formula is C25H34N2O6. The Morgan fingerprint density at radius 1 is 0.879 bits per heavy atom. The van der Waals surface area contributed by atoms with Crippen molar-refractivity contribution in [3.05, 3.63) is 48.0 Å². The Kier molecular flexibility index (Phi) is 9.84. The third kappa shape index (κ3) is 7.59. The van der Waals surface area contributed by atoms with Gasteiger partial charge in [-0.05, 0) is 38.0 Å². The fraction of sp³-hybridized carbons (Fsp3) is 0.440. The molecule has 0 aliphatic heterocycles. The third-order valence-corrected chi connectivity index (χ3v) is 5.37. The van der Waals surface area contributed by atoms with Crippen LogP contribution in [0, 0.1) is 0 Å². The molecule has 8 nitrogen and oxygen atoms in total. The van der Waals surface area contributed by atoms with E-state index in [0.29, 0.717) is 17.2 Å². The summed E-state index contributed by atoms with van der Waals surface area (Å²) < 4.78 is 21.4. The van der Waals surface area contributed by atoms with Crippen molar-refractivity contribution in [3.63, 3.8) is 0 Å². The van der Waals surface area contributed by atoms with E-state index in [4.69, 9.17) is 18.9 Å². The highest BCUT2D eigenvalue weighted by Crippen LogP contribution is 2.27. The normalized spacial score (nSPS) is 12.3. The molecule has 0 aliphatic rings. The van der Waals surface area contributed by atoms with Crippen LogP contribution < -0.4 is 24.3 Å². The van der Waals surface area contributed by atoms with Crippen molar-refractivity contribution in [2.45, 2.75) is 45.8 Å². The molecule has 0 aromatic heterocycles. The van der Waals surface area contributed by atoms with Crippen molar-refractivity contribution in [2.24, 2.45) is 0 Å². The average molecular weight is 459 g/mol. The molecule has 0 spiro atoms. The summed E-state index contributed by atoms with van der Waals surface area (Å²) >= 11 is 0. The van der Waals surface area contributed by atoms with E-state index in [1.807, 2.05) is 38.1 Å². The number of carbonyl (C=O) groups excluding carboxylic acids is 2. The Morgan fingerprint density at radius 3 is 1.94 bits per heavy atom. The third-order valence-electron chi connectivity index (χ3n) is 5.37. The Balaban J connectivity index is 2.19. The van der Waals surface area contributed by atoms with Gasteiger partial charge in [-0.1, -0.05) is 19.1 Å². The molecule has 0 saturated heterocycles. The summed E-state index contributed by atoms with van der Waals surface area (Å²) in [5, 5.41) is 2.95. The van der Waals surface area contributed by atoms with Crippen molar-refractivity contribution in [1.29, 1.82) is 0 Å². The van der Waals surface area contributed by atoms with E-state index in [0.717, 1.165) is 17.7 Å². The molecule has 180 valence electrons. The van der Waals surface area contributed by atoms with Gasteiger partial charge in [0.2, 0.25) is 5.91 Å². The molecule has 2 aromatic carbocycles. The van der Waals surface area contributed by atoms with Gasteiger partial charge in [0, 0.05) is 30.8 Å². The molecule has 2 atom stereocenters. The molecule has 0 heterocycles. The molecule has 0 unspecified atom stereocenters. The predicted octanol–water partition coefficient (Wildman–Crippen LogP) is 3.42. The monoisotopic (exact) mass is 458 g/mol. The smallest absolute Gasteiger partial charge is 0.261 e. The minimum Gasteiger partial charge on any atom is -0.497 e. The van der Waals surface area contributed by atoms with Crippen LogP contribution in [0.5, 0.6) is 23.0 Å². The van der Waals surface area contributed by atoms with E-state index in [9.17, 15) is 9.59 Å². The van der Waals surface area contributed by atoms with Crippen LogP contribution in [0.15, 0.2) is 42.5 Å². The van der Waals surface area contributed by atoms with E-state index >= 15 is 0 Å². The Morgan fingerprint density at radius 2 is 1.42 bits per heavy atom.